The van der Waals surface area contributed by atoms with Crippen LogP contribution in [0.25, 0.3) is 0 Å². The van der Waals surface area contributed by atoms with Crippen molar-refractivity contribution in [2.24, 2.45) is 0 Å². The van der Waals surface area contributed by atoms with Gasteiger partial charge in [-0.2, -0.15) is 0 Å². The Labute approximate surface area is 387 Å². The highest BCUT2D eigenvalue weighted by Crippen LogP contribution is 2.16. The number of hydrogen-bond donors (Lipinski definition) is 1. The monoisotopic (exact) mass is 865 g/mol. The van der Waals surface area contributed by atoms with Crippen LogP contribution in [-0.2, 0) is 14.3 Å². The molecule has 0 aliphatic rings. The third kappa shape index (κ3) is 52.2. The number of carbonyl (C=O) groups is 1. The fraction of sp³-hybridized carbons (Fsp3) is 0.776. The maximum absolute atomic E-state index is 12.3. The Hall–Kier alpha value is -2.17. The summed E-state index contributed by atoms with van der Waals surface area (Å²) in [5.74, 6) is -0.213. The average Bonchev–Trinajstić information content (AvgIpc) is 3.28. The van der Waals surface area contributed by atoms with Crippen LogP contribution in [0.3, 0.4) is 0 Å². The van der Waals surface area contributed by atoms with Crippen molar-refractivity contribution in [1.82, 2.24) is 0 Å². The minimum Gasteiger partial charge on any atom is -0.457 e. The van der Waals surface area contributed by atoms with Crippen molar-refractivity contribution in [3.63, 3.8) is 0 Å². The van der Waals surface area contributed by atoms with E-state index in [4.69, 9.17) is 9.47 Å². The molecule has 0 spiro atoms. The summed E-state index contributed by atoms with van der Waals surface area (Å²) in [4.78, 5) is 12.3. The minimum absolute atomic E-state index is 0.179. The molecule has 0 aromatic rings. The zero-order chi connectivity index (χ0) is 44.8. The number of hydrogen-bond acceptors (Lipinski definition) is 4. The molecule has 0 saturated carbocycles. The van der Waals surface area contributed by atoms with Crippen molar-refractivity contribution in [1.29, 1.82) is 0 Å². The first kappa shape index (κ1) is 59.8. The largest absolute Gasteiger partial charge is 0.457 e. The average molecular weight is 865 g/mol. The molecule has 1 unspecified atom stereocenters. The molecule has 0 rings (SSSR count). The summed E-state index contributed by atoms with van der Waals surface area (Å²) in [5.41, 5.74) is 0. The second-order valence-electron chi connectivity index (χ2n) is 17.9. The van der Waals surface area contributed by atoms with Gasteiger partial charge in [0.05, 0.1) is 13.2 Å². The normalized spacial score (nSPS) is 12.9. The molecular formula is C58H104O4. The lowest BCUT2D eigenvalue weighted by Crippen LogP contribution is -2.27. The molecule has 0 radical (unpaired) electrons. The van der Waals surface area contributed by atoms with Gasteiger partial charge in [-0.15, -0.1) is 0 Å². The molecule has 0 aromatic carbocycles. The third-order valence-electron chi connectivity index (χ3n) is 11.8. The predicted molar refractivity (Wildman–Crippen MR) is 274 cm³/mol. The summed E-state index contributed by atoms with van der Waals surface area (Å²) < 4.78 is 11.2. The van der Waals surface area contributed by atoms with Gasteiger partial charge >= 0.3 is 5.97 Å². The van der Waals surface area contributed by atoms with E-state index in [9.17, 15) is 9.90 Å². The molecule has 0 heterocycles. The Balaban J connectivity index is 3.44. The van der Waals surface area contributed by atoms with Gasteiger partial charge in [-0.3, -0.25) is 4.79 Å². The standard InChI is InChI=1S/C58H104O4/c1-3-5-7-9-11-13-15-17-19-21-23-25-27-29-31-33-35-37-39-41-43-45-47-49-51-53-58(60)62-57(55-59)56-61-54-52-50-48-46-44-42-40-38-36-34-32-30-28-26-24-22-20-18-16-14-12-10-8-6-4-2/h5,7,11,13,17,19,23,25,29,31,35,37,57,59H,3-4,6,8-10,12,14-16,18,20-22,24,26-28,30,32-34,36,38-56H2,1-2H3/b7-5-,13-11-,19-17-,25-23-,31-29-,37-35-. The molecule has 4 heteroatoms. The fourth-order valence-electron chi connectivity index (χ4n) is 7.81. The number of ether oxygens (including phenoxy) is 2. The van der Waals surface area contributed by atoms with Crippen molar-refractivity contribution < 1.29 is 19.4 Å². The molecule has 0 fully saturated rings. The molecule has 1 N–H and O–H groups in total. The quantitative estimate of drug-likeness (QED) is 0.0376. The number of rotatable bonds is 50. The smallest absolute Gasteiger partial charge is 0.306 e. The van der Waals surface area contributed by atoms with Gasteiger partial charge in [-0.25, -0.2) is 0 Å². The second kappa shape index (κ2) is 55.0. The molecule has 0 saturated heterocycles. The zero-order valence-electron chi connectivity index (χ0n) is 41.4. The molecular weight excluding hydrogens is 761 g/mol. The Bertz CT molecular complexity index is 1050. The van der Waals surface area contributed by atoms with Crippen molar-refractivity contribution in [2.45, 2.75) is 270 Å². The maximum atomic E-state index is 12.3. The number of esters is 1. The lowest BCUT2D eigenvalue weighted by molar-refractivity contribution is -0.154. The highest BCUT2D eigenvalue weighted by atomic mass is 16.6. The van der Waals surface area contributed by atoms with Crippen LogP contribution in [0.4, 0.5) is 0 Å². The highest BCUT2D eigenvalue weighted by Gasteiger charge is 2.13. The lowest BCUT2D eigenvalue weighted by Gasteiger charge is -2.16. The molecule has 1 atom stereocenters. The molecule has 4 nitrogen and oxygen atoms in total. The first-order chi connectivity index (χ1) is 30.7. The first-order valence-corrected chi connectivity index (χ1v) is 27.0. The Kier molecular flexibility index (Phi) is 53.0. The van der Waals surface area contributed by atoms with Crippen LogP contribution in [0.5, 0.6) is 0 Å². The van der Waals surface area contributed by atoms with E-state index >= 15 is 0 Å². The highest BCUT2D eigenvalue weighted by molar-refractivity contribution is 5.69. The van der Waals surface area contributed by atoms with Gasteiger partial charge in [0.25, 0.3) is 0 Å². The predicted octanol–water partition coefficient (Wildman–Crippen LogP) is 18.5. The van der Waals surface area contributed by atoms with Crippen LogP contribution in [-0.4, -0.2) is 37.0 Å². The first-order valence-electron chi connectivity index (χ1n) is 27.0. The number of carbonyl (C=O) groups excluding carboxylic acids is 1. The molecule has 0 aromatic heterocycles. The summed E-state index contributed by atoms with van der Waals surface area (Å²) >= 11 is 0. The molecule has 0 bridgehead atoms. The summed E-state index contributed by atoms with van der Waals surface area (Å²) in [6, 6.07) is 0. The Morgan fingerprint density at radius 2 is 0.726 bits per heavy atom. The SMILES string of the molecule is CC/C=C\C/C=C\C/C=C\C/C=C\C/C=C\C/C=C\CCCCCCCCC(=O)OC(CO)COCCCCCCCCCCCCCCCCCCCCCCCCCCC. The Morgan fingerprint density at radius 1 is 0.403 bits per heavy atom. The van der Waals surface area contributed by atoms with E-state index in [0.717, 1.165) is 70.6 Å². The maximum Gasteiger partial charge on any atom is 0.306 e. The van der Waals surface area contributed by atoms with Gasteiger partial charge in [0.1, 0.15) is 6.10 Å². The summed E-state index contributed by atoms with van der Waals surface area (Å²) in [6.07, 6.45) is 75.8. The van der Waals surface area contributed by atoms with Gasteiger partial charge in [0.15, 0.2) is 0 Å². The van der Waals surface area contributed by atoms with E-state index in [1.54, 1.807) is 0 Å². The molecule has 0 amide bonds. The van der Waals surface area contributed by atoms with Crippen molar-refractivity contribution in [3.8, 4) is 0 Å². The van der Waals surface area contributed by atoms with Crippen molar-refractivity contribution in [3.05, 3.63) is 72.9 Å². The van der Waals surface area contributed by atoms with Gasteiger partial charge < -0.3 is 14.6 Å². The summed E-state index contributed by atoms with van der Waals surface area (Å²) in [7, 11) is 0. The van der Waals surface area contributed by atoms with E-state index in [1.165, 1.54) is 173 Å². The number of allylic oxidation sites excluding steroid dienone is 12. The van der Waals surface area contributed by atoms with Crippen molar-refractivity contribution >= 4 is 5.97 Å². The van der Waals surface area contributed by atoms with Gasteiger partial charge in [0, 0.05) is 13.0 Å². The van der Waals surface area contributed by atoms with E-state index < -0.39 is 6.10 Å². The number of aliphatic hydroxyl groups is 1. The minimum atomic E-state index is -0.546. The number of aliphatic hydroxyl groups excluding tert-OH is 1. The molecule has 0 aliphatic carbocycles. The van der Waals surface area contributed by atoms with E-state index in [2.05, 4.69) is 86.8 Å². The fourth-order valence-corrected chi connectivity index (χ4v) is 7.81. The van der Waals surface area contributed by atoms with E-state index in [0.29, 0.717) is 19.6 Å². The zero-order valence-corrected chi connectivity index (χ0v) is 41.4. The third-order valence-corrected chi connectivity index (χ3v) is 11.8. The summed E-state index contributed by atoms with van der Waals surface area (Å²) in [5, 5.41) is 9.67. The van der Waals surface area contributed by atoms with Crippen LogP contribution in [0.15, 0.2) is 72.9 Å². The lowest BCUT2D eigenvalue weighted by atomic mass is 10.0. The molecule has 0 aliphatic heterocycles. The van der Waals surface area contributed by atoms with Gasteiger partial charge in [0.2, 0.25) is 0 Å². The van der Waals surface area contributed by atoms with E-state index in [-0.39, 0.29) is 12.6 Å². The van der Waals surface area contributed by atoms with Crippen LogP contribution in [0, 0.1) is 0 Å². The van der Waals surface area contributed by atoms with Crippen LogP contribution in [0.1, 0.15) is 264 Å². The molecule has 360 valence electrons. The van der Waals surface area contributed by atoms with Crippen molar-refractivity contribution in [2.75, 3.05) is 19.8 Å². The molecule has 62 heavy (non-hydrogen) atoms. The number of unbranched alkanes of at least 4 members (excludes halogenated alkanes) is 30. The topological polar surface area (TPSA) is 55.8 Å². The van der Waals surface area contributed by atoms with Crippen LogP contribution in [0.2, 0.25) is 0 Å². The van der Waals surface area contributed by atoms with Gasteiger partial charge in [-0.05, 0) is 64.2 Å². The van der Waals surface area contributed by atoms with Crippen LogP contribution >= 0.6 is 0 Å². The van der Waals surface area contributed by atoms with E-state index in [1.807, 2.05) is 0 Å². The van der Waals surface area contributed by atoms with Gasteiger partial charge in [-0.1, -0.05) is 267 Å². The summed E-state index contributed by atoms with van der Waals surface area (Å²) in [6.45, 7) is 5.25. The Morgan fingerprint density at radius 3 is 1.10 bits per heavy atom. The van der Waals surface area contributed by atoms with Crippen LogP contribution < -0.4 is 0 Å². The second-order valence-corrected chi connectivity index (χ2v) is 17.9.